The molecule has 19 heavy (non-hydrogen) atoms. The number of carbonyl (C=O) groups is 1. The first-order valence-electron chi connectivity index (χ1n) is 5.44. The van der Waals surface area contributed by atoms with Gasteiger partial charge in [-0.3, -0.25) is 9.48 Å². The van der Waals surface area contributed by atoms with Crippen LogP contribution in [0, 0.1) is 6.92 Å². The van der Waals surface area contributed by atoms with Crippen molar-refractivity contribution in [2.24, 2.45) is 7.05 Å². The summed E-state index contributed by atoms with van der Waals surface area (Å²) in [7, 11) is 1.65. The number of aromatic nitrogens is 2. The normalized spacial score (nSPS) is 10.5. The lowest BCUT2D eigenvalue weighted by Crippen LogP contribution is -2.14. The van der Waals surface area contributed by atoms with E-state index in [-0.39, 0.29) is 17.3 Å². The SMILES string of the molecule is Cc1cc(Cl)c(NC(=O)c2cnn(C)c2N)cc1Cl. The van der Waals surface area contributed by atoms with Crippen molar-refractivity contribution in [2.75, 3.05) is 11.1 Å². The van der Waals surface area contributed by atoms with Crippen LogP contribution in [0.1, 0.15) is 15.9 Å². The van der Waals surface area contributed by atoms with E-state index in [1.807, 2.05) is 6.92 Å². The molecule has 0 fully saturated rings. The van der Waals surface area contributed by atoms with Gasteiger partial charge in [0.1, 0.15) is 11.4 Å². The Morgan fingerprint density at radius 3 is 2.63 bits per heavy atom. The number of amides is 1. The third-order valence-electron chi connectivity index (χ3n) is 2.73. The Morgan fingerprint density at radius 1 is 1.37 bits per heavy atom. The number of halogens is 2. The summed E-state index contributed by atoms with van der Waals surface area (Å²) in [6, 6.07) is 3.29. The van der Waals surface area contributed by atoms with Crippen molar-refractivity contribution in [1.29, 1.82) is 0 Å². The zero-order valence-electron chi connectivity index (χ0n) is 10.4. The number of hydrogen-bond donors (Lipinski definition) is 2. The van der Waals surface area contributed by atoms with Gasteiger partial charge in [-0.15, -0.1) is 0 Å². The van der Waals surface area contributed by atoms with Crippen LogP contribution in [0.15, 0.2) is 18.3 Å². The molecule has 1 heterocycles. The zero-order valence-corrected chi connectivity index (χ0v) is 11.9. The topological polar surface area (TPSA) is 72.9 Å². The molecule has 3 N–H and O–H groups in total. The number of carbonyl (C=O) groups excluding carboxylic acids is 1. The average Bonchev–Trinajstić information content (AvgIpc) is 2.67. The highest BCUT2D eigenvalue weighted by atomic mass is 35.5. The number of nitrogens with two attached hydrogens (primary N) is 1. The van der Waals surface area contributed by atoms with Crippen molar-refractivity contribution in [1.82, 2.24) is 9.78 Å². The van der Waals surface area contributed by atoms with E-state index in [9.17, 15) is 4.79 Å². The predicted molar refractivity (Wildman–Crippen MR) is 76.8 cm³/mol. The molecule has 0 aliphatic heterocycles. The largest absolute Gasteiger partial charge is 0.383 e. The van der Waals surface area contributed by atoms with Crippen molar-refractivity contribution in [3.8, 4) is 0 Å². The van der Waals surface area contributed by atoms with Gasteiger partial charge in [0.15, 0.2) is 0 Å². The van der Waals surface area contributed by atoms with Crippen LogP contribution in [-0.2, 0) is 7.05 Å². The maximum atomic E-state index is 12.1. The summed E-state index contributed by atoms with van der Waals surface area (Å²) in [4.78, 5) is 12.1. The Hall–Kier alpha value is -1.72. The van der Waals surface area contributed by atoms with Gasteiger partial charge in [-0.2, -0.15) is 5.10 Å². The highest BCUT2D eigenvalue weighted by Gasteiger charge is 2.15. The lowest BCUT2D eigenvalue weighted by molar-refractivity contribution is 0.102. The molecule has 0 bridgehead atoms. The van der Waals surface area contributed by atoms with E-state index < -0.39 is 0 Å². The minimum absolute atomic E-state index is 0.284. The molecule has 0 spiro atoms. The van der Waals surface area contributed by atoms with E-state index in [1.54, 1.807) is 19.2 Å². The number of aryl methyl sites for hydroxylation is 2. The molecule has 1 aromatic carbocycles. The molecule has 0 radical (unpaired) electrons. The minimum atomic E-state index is -0.382. The van der Waals surface area contributed by atoms with Gasteiger partial charge in [-0.25, -0.2) is 0 Å². The van der Waals surface area contributed by atoms with Gasteiger partial charge in [0.05, 0.1) is 16.9 Å². The maximum absolute atomic E-state index is 12.1. The second-order valence-electron chi connectivity index (χ2n) is 4.10. The minimum Gasteiger partial charge on any atom is -0.383 e. The Kier molecular flexibility index (Phi) is 3.68. The van der Waals surface area contributed by atoms with Crippen molar-refractivity contribution in [3.63, 3.8) is 0 Å². The third-order valence-corrected chi connectivity index (χ3v) is 3.45. The van der Waals surface area contributed by atoms with Crippen LogP contribution in [0.3, 0.4) is 0 Å². The number of benzene rings is 1. The maximum Gasteiger partial charge on any atom is 0.261 e. The summed E-state index contributed by atoms with van der Waals surface area (Å²) >= 11 is 12.1. The second kappa shape index (κ2) is 5.11. The molecule has 1 amide bonds. The highest BCUT2D eigenvalue weighted by Crippen LogP contribution is 2.29. The molecule has 2 aromatic rings. The van der Waals surface area contributed by atoms with Crippen LogP contribution in [0.25, 0.3) is 0 Å². The molecule has 100 valence electrons. The fourth-order valence-corrected chi connectivity index (χ4v) is 1.98. The van der Waals surface area contributed by atoms with Gasteiger partial charge in [-0.1, -0.05) is 23.2 Å². The second-order valence-corrected chi connectivity index (χ2v) is 4.92. The number of anilines is 2. The summed E-state index contributed by atoms with van der Waals surface area (Å²) in [6.07, 6.45) is 1.40. The molecule has 5 nitrogen and oxygen atoms in total. The standard InChI is InChI=1S/C12H12Cl2N4O/c1-6-3-9(14)10(4-8(6)13)17-12(19)7-5-16-18(2)11(7)15/h3-5H,15H2,1-2H3,(H,17,19). The molecule has 1 aromatic heterocycles. The summed E-state index contributed by atoms with van der Waals surface area (Å²) in [5.74, 6) is -0.0979. The van der Waals surface area contributed by atoms with Crippen LogP contribution < -0.4 is 11.1 Å². The van der Waals surface area contributed by atoms with Gasteiger partial charge in [0, 0.05) is 12.1 Å². The van der Waals surface area contributed by atoms with Crippen molar-refractivity contribution in [2.45, 2.75) is 6.92 Å². The lowest BCUT2D eigenvalue weighted by Gasteiger charge is -2.09. The summed E-state index contributed by atoms with van der Waals surface area (Å²) in [5, 5.41) is 7.51. The Balaban J connectivity index is 2.29. The monoisotopic (exact) mass is 298 g/mol. The van der Waals surface area contributed by atoms with E-state index in [1.165, 1.54) is 10.9 Å². The molecule has 0 aliphatic carbocycles. The van der Waals surface area contributed by atoms with Crippen LogP contribution in [-0.4, -0.2) is 15.7 Å². The van der Waals surface area contributed by atoms with E-state index in [2.05, 4.69) is 10.4 Å². The van der Waals surface area contributed by atoms with Gasteiger partial charge in [0.25, 0.3) is 5.91 Å². The molecule has 7 heteroatoms. The zero-order chi connectivity index (χ0) is 14.2. The van der Waals surface area contributed by atoms with Crippen molar-refractivity contribution < 1.29 is 4.79 Å². The van der Waals surface area contributed by atoms with Crippen LogP contribution >= 0.6 is 23.2 Å². The summed E-state index contributed by atoms with van der Waals surface area (Å²) in [5.41, 5.74) is 7.29. The van der Waals surface area contributed by atoms with Gasteiger partial charge in [-0.05, 0) is 24.6 Å². The van der Waals surface area contributed by atoms with Crippen LogP contribution in [0.4, 0.5) is 11.5 Å². The fraction of sp³-hybridized carbons (Fsp3) is 0.167. The number of rotatable bonds is 2. The Labute approximate surface area is 120 Å². The fourth-order valence-electron chi connectivity index (χ4n) is 1.55. The molecule has 0 unspecified atom stereocenters. The van der Waals surface area contributed by atoms with Gasteiger partial charge in [0.2, 0.25) is 0 Å². The van der Waals surface area contributed by atoms with Crippen LogP contribution in [0.5, 0.6) is 0 Å². The number of nitrogen functional groups attached to an aromatic ring is 1. The predicted octanol–water partition coefficient (Wildman–Crippen LogP) is 2.87. The average molecular weight is 299 g/mol. The molecule has 0 saturated heterocycles. The van der Waals surface area contributed by atoms with Crippen LogP contribution in [0.2, 0.25) is 10.0 Å². The van der Waals surface area contributed by atoms with Crippen molar-refractivity contribution >= 4 is 40.6 Å². The number of nitrogens with one attached hydrogen (secondary N) is 1. The highest BCUT2D eigenvalue weighted by molar-refractivity contribution is 6.36. The first-order valence-corrected chi connectivity index (χ1v) is 6.20. The van der Waals surface area contributed by atoms with E-state index in [0.29, 0.717) is 15.7 Å². The molecular formula is C12H12Cl2N4O. The number of hydrogen-bond acceptors (Lipinski definition) is 3. The number of nitrogens with zero attached hydrogens (tertiary/aromatic N) is 2. The summed E-state index contributed by atoms with van der Waals surface area (Å²) in [6.45, 7) is 1.83. The quantitative estimate of drug-likeness (QED) is 0.895. The molecule has 2 rings (SSSR count). The Bertz CT molecular complexity index is 651. The molecule has 0 atom stereocenters. The van der Waals surface area contributed by atoms with Gasteiger partial charge < -0.3 is 11.1 Å². The molecular weight excluding hydrogens is 287 g/mol. The lowest BCUT2D eigenvalue weighted by atomic mass is 10.2. The first-order chi connectivity index (χ1) is 8.90. The molecule has 0 saturated carbocycles. The smallest absolute Gasteiger partial charge is 0.261 e. The first kappa shape index (κ1) is 13.7. The molecule has 0 aliphatic rings. The Morgan fingerprint density at radius 2 is 2.05 bits per heavy atom. The van der Waals surface area contributed by atoms with Crippen molar-refractivity contribution in [3.05, 3.63) is 39.5 Å². The van der Waals surface area contributed by atoms with E-state index in [4.69, 9.17) is 28.9 Å². The van der Waals surface area contributed by atoms with Gasteiger partial charge >= 0.3 is 0 Å². The van der Waals surface area contributed by atoms with E-state index >= 15 is 0 Å². The summed E-state index contributed by atoms with van der Waals surface area (Å²) < 4.78 is 1.42. The third kappa shape index (κ3) is 2.67. The van der Waals surface area contributed by atoms with E-state index in [0.717, 1.165) is 5.56 Å².